The van der Waals surface area contributed by atoms with Crippen molar-refractivity contribution in [3.8, 4) is 28.5 Å². The van der Waals surface area contributed by atoms with Gasteiger partial charge in [-0.3, -0.25) is 14.9 Å². The fourth-order valence-electron chi connectivity index (χ4n) is 2.58. The molecule has 3 rings (SSSR count). The Balaban J connectivity index is 1.65. The second-order valence-electron chi connectivity index (χ2n) is 6.02. The minimum atomic E-state index is -0.350. The normalized spacial score (nSPS) is 10.3. The Labute approximate surface area is 172 Å². The van der Waals surface area contributed by atoms with Gasteiger partial charge in [-0.15, -0.1) is 11.3 Å². The lowest BCUT2D eigenvalue weighted by Gasteiger charge is -2.08. The number of ketones is 1. The number of carbonyl (C=O) groups is 2. The maximum atomic E-state index is 12.2. The number of methoxy groups -OCH3 is 2. The van der Waals surface area contributed by atoms with Crippen molar-refractivity contribution in [2.24, 2.45) is 0 Å². The van der Waals surface area contributed by atoms with Crippen LogP contribution in [0, 0.1) is 0 Å². The van der Waals surface area contributed by atoms with E-state index in [-0.39, 0.29) is 18.3 Å². The first-order valence-corrected chi connectivity index (χ1v) is 9.59. The Morgan fingerprint density at radius 2 is 1.90 bits per heavy atom. The predicted octanol–water partition coefficient (Wildman–Crippen LogP) is 4.05. The molecule has 150 valence electrons. The first-order valence-electron chi connectivity index (χ1n) is 8.71. The molecule has 0 fully saturated rings. The predicted molar refractivity (Wildman–Crippen MR) is 111 cm³/mol. The number of Topliss-reactive ketones (excluding diaryl/α,β-unsaturated/α-hetero) is 1. The lowest BCUT2D eigenvalue weighted by atomic mass is 10.1. The highest BCUT2D eigenvalue weighted by molar-refractivity contribution is 7.14. The van der Waals surface area contributed by atoms with Gasteiger partial charge in [0.25, 0.3) is 5.91 Å². The molecule has 1 aromatic heterocycles. The zero-order valence-corrected chi connectivity index (χ0v) is 17.0. The zero-order valence-electron chi connectivity index (χ0n) is 16.2. The van der Waals surface area contributed by atoms with Crippen LogP contribution in [0.4, 0.5) is 5.13 Å². The van der Waals surface area contributed by atoms with Gasteiger partial charge in [-0.2, -0.15) is 0 Å². The first-order chi connectivity index (χ1) is 14.0. The van der Waals surface area contributed by atoms with E-state index in [1.165, 1.54) is 18.3 Å². The summed E-state index contributed by atoms with van der Waals surface area (Å²) < 4.78 is 16.1. The average Bonchev–Trinajstić information content (AvgIpc) is 3.20. The third-order valence-corrected chi connectivity index (χ3v) is 4.80. The Kier molecular flexibility index (Phi) is 6.46. The summed E-state index contributed by atoms with van der Waals surface area (Å²) in [5.41, 5.74) is 1.96. The van der Waals surface area contributed by atoms with E-state index in [2.05, 4.69) is 10.3 Å². The van der Waals surface area contributed by atoms with Crippen molar-refractivity contribution in [3.63, 3.8) is 0 Å². The third kappa shape index (κ3) is 5.11. The summed E-state index contributed by atoms with van der Waals surface area (Å²) in [5, 5.41) is 4.97. The van der Waals surface area contributed by atoms with Gasteiger partial charge in [0.05, 0.1) is 19.9 Å². The molecule has 8 heteroatoms. The topological polar surface area (TPSA) is 86.8 Å². The van der Waals surface area contributed by atoms with E-state index in [9.17, 15) is 9.59 Å². The highest BCUT2D eigenvalue weighted by Crippen LogP contribution is 2.35. The Morgan fingerprint density at radius 3 is 2.62 bits per heavy atom. The van der Waals surface area contributed by atoms with Crippen LogP contribution in [0.25, 0.3) is 11.3 Å². The summed E-state index contributed by atoms with van der Waals surface area (Å²) in [4.78, 5) is 28.1. The fourth-order valence-corrected chi connectivity index (χ4v) is 3.30. The molecule has 0 unspecified atom stereocenters. The Hall–Kier alpha value is -3.39. The molecule has 2 aromatic carbocycles. The number of carbonyl (C=O) groups excluding carboxylic acids is 2. The van der Waals surface area contributed by atoms with Gasteiger partial charge in [-0.1, -0.05) is 12.1 Å². The summed E-state index contributed by atoms with van der Waals surface area (Å²) >= 11 is 1.29. The monoisotopic (exact) mass is 412 g/mol. The zero-order chi connectivity index (χ0) is 20.8. The van der Waals surface area contributed by atoms with E-state index in [0.29, 0.717) is 33.6 Å². The minimum Gasteiger partial charge on any atom is -0.497 e. The van der Waals surface area contributed by atoms with Crippen molar-refractivity contribution in [2.45, 2.75) is 6.92 Å². The van der Waals surface area contributed by atoms with Gasteiger partial charge >= 0.3 is 0 Å². The molecular formula is C21H20N2O5S. The number of hydrogen-bond donors (Lipinski definition) is 1. The lowest BCUT2D eigenvalue weighted by molar-refractivity contribution is -0.118. The summed E-state index contributed by atoms with van der Waals surface area (Å²) in [6, 6.07) is 12.1. The first kappa shape index (κ1) is 20.3. The van der Waals surface area contributed by atoms with Crippen LogP contribution in [0.2, 0.25) is 0 Å². The van der Waals surface area contributed by atoms with Gasteiger partial charge in [0.2, 0.25) is 0 Å². The van der Waals surface area contributed by atoms with E-state index in [1.807, 2.05) is 11.4 Å². The van der Waals surface area contributed by atoms with Crippen molar-refractivity contribution < 1.29 is 23.8 Å². The van der Waals surface area contributed by atoms with Gasteiger partial charge in [0.1, 0.15) is 17.2 Å². The second kappa shape index (κ2) is 9.20. The number of ether oxygens (including phenoxy) is 3. The van der Waals surface area contributed by atoms with Gasteiger partial charge < -0.3 is 14.2 Å². The van der Waals surface area contributed by atoms with E-state index in [1.54, 1.807) is 50.6 Å². The molecular weight excluding hydrogens is 392 g/mol. The van der Waals surface area contributed by atoms with Crippen LogP contribution in [-0.4, -0.2) is 37.5 Å². The summed E-state index contributed by atoms with van der Waals surface area (Å²) in [7, 11) is 3.17. The SMILES string of the molecule is COc1ccc(OC)c(-c2csc(NC(=O)COc3cccc(C(C)=O)c3)n2)c1. The fraction of sp³-hybridized carbons (Fsp3) is 0.190. The lowest BCUT2D eigenvalue weighted by Crippen LogP contribution is -2.20. The van der Waals surface area contributed by atoms with Gasteiger partial charge in [0.15, 0.2) is 17.5 Å². The number of amides is 1. The molecule has 7 nitrogen and oxygen atoms in total. The maximum absolute atomic E-state index is 12.2. The quantitative estimate of drug-likeness (QED) is 0.562. The summed E-state index contributed by atoms with van der Waals surface area (Å²) in [5.74, 6) is 1.37. The number of anilines is 1. The van der Waals surface area contributed by atoms with Crippen molar-refractivity contribution in [2.75, 3.05) is 26.1 Å². The van der Waals surface area contributed by atoms with Crippen LogP contribution < -0.4 is 19.5 Å². The molecule has 0 radical (unpaired) electrons. The molecule has 0 spiro atoms. The van der Waals surface area contributed by atoms with E-state index >= 15 is 0 Å². The molecule has 0 aliphatic rings. The van der Waals surface area contributed by atoms with E-state index in [0.717, 1.165) is 5.56 Å². The van der Waals surface area contributed by atoms with Crippen LogP contribution in [-0.2, 0) is 4.79 Å². The Morgan fingerprint density at radius 1 is 1.07 bits per heavy atom. The van der Waals surface area contributed by atoms with Gasteiger partial charge in [0, 0.05) is 16.5 Å². The van der Waals surface area contributed by atoms with Gasteiger partial charge in [-0.25, -0.2) is 4.98 Å². The molecule has 0 aliphatic carbocycles. The number of nitrogens with zero attached hydrogens (tertiary/aromatic N) is 1. The molecule has 1 heterocycles. The van der Waals surface area contributed by atoms with Crippen LogP contribution >= 0.6 is 11.3 Å². The number of nitrogens with one attached hydrogen (secondary N) is 1. The van der Waals surface area contributed by atoms with Crippen LogP contribution in [0.3, 0.4) is 0 Å². The largest absolute Gasteiger partial charge is 0.497 e. The number of aromatic nitrogens is 1. The molecule has 1 amide bonds. The second-order valence-corrected chi connectivity index (χ2v) is 6.88. The number of hydrogen-bond acceptors (Lipinski definition) is 7. The highest BCUT2D eigenvalue weighted by Gasteiger charge is 2.13. The van der Waals surface area contributed by atoms with Crippen molar-refractivity contribution >= 4 is 28.2 Å². The number of thiazole rings is 1. The molecule has 0 aliphatic heterocycles. The van der Waals surface area contributed by atoms with Crippen molar-refractivity contribution in [1.29, 1.82) is 0 Å². The third-order valence-electron chi connectivity index (χ3n) is 4.04. The highest BCUT2D eigenvalue weighted by atomic mass is 32.1. The molecule has 0 bridgehead atoms. The maximum Gasteiger partial charge on any atom is 0.264 e. The number of benzene rings is 2. The standard InChI is InChI=1S/C21H20N2O5S/c1-13(24)14-5-4-6-16(9-14)28-11-20(25)23-21-22-18(12-29-21)17-10-15(26-2)7-8-19(17)27-3/h4-10,12H,11H2,1-3H3,(H,22,23,25). The summed E-state index contributed by atoms with van der Waals surface area (Å²) in [6.45, 7) is 1.28. The minimum absolute atomic E-state index is 0.0665. The van der Waals surface area contributed by atoms with Crippen molar-refractivity contribution in [3.05, 3.63) is 53.4 Å². The molecule has 29 heavy (non-hydrogen) atoms. The van der Waals surface area contributed by atoms with Crippen LogP contribution in [0.15, 0.2) is 47.8 Å². The summed E-state index contributed by atoms with van der Waals surface area (Å²) in [6.07, 6.45) is 0. The van der Waals surface area contributed by atoms with Crippen LogP contribution in [0.5, 0.6) is 17.2 Å². The van der Waals surface area contributed by atoms with Crippen molar-refractivity contribution in [1.82, 2.24) is 4.98 Å². The Bertz CT molecular complexity index is 1030. The smallest absolute Gasteiger partial charge is 0.264 e. The molecule has 0 saturated carbocycles. The van der Waals surface area contributed by atoms with E-state index in [4.69, 9.17) is 14.2 Å². The van der Waals surface area contributed by atoms with Crippen LogP contribution in [0.1, 0.15) is 17.3 Å². The van der Waals surface area contributed by atoms with Gasteiger partial charge in [-0.05, 0) is 37.3 Å². The molecule has 0 saturated heterocycles. The molecule has 0 atom stereocenters. The molecule has 1 N–H and O–H groups in total. The average molecular weight is 412 g/mol. The number of rotatable bonds is 8. The van der Waals surface area contributed by atoms with E-state index < -0.39 is 0 Å². The molecule has 3 aromatic rings.